The predicted molar refractivity (Wildman–Crippen MR) is 87.3 cm³/mol. The first-order valence-corrected chi connectivity index (χ1v) is 7.85. The molecule has 2 amide bonds. The van der Waals surface area contributed by atoms with Crippen LogP contribution < -0.4 is 21.1 Å². The minimum Gasteiger partial charge on any atom is -0.480 e. The largest absolute Gasteiger partial charge is 0.480 e. The number of hydrogen-bond acceptors (Lipinski definition) is 5. The topological polar surface area (TPSA) is 106 Å². The second kappa shape index (κ2) is 7.92. The van der Waals surface area contributed by atoms with Gasteiger partial charge in [-0.3, -0.25) is 9.59 Å². The average Bonchev–Trinajstić information content (AvgIpc) is 2.55. The summed E-state index contributed by atoms with van der Waals surface area (Å²) >= 11 is 0. The normalized spacial score (nSPS) is 19.0. The highest BCUT2D eigenvalue weighted by Gasteiger charge is 2.22. The van der Waals surface area contributed by atoms with Gasteiger partial charge in [0.05, 0.1) is 19.0 Å². The Bertz CT molecular complexity index is 570. The summed E-state index contributed by atoms with van der Waals surface area (Å²) in [6.45, 7) is 4.12. The Morgan fingerprint density at radius 2 is 2.35 bits per heavy atom. The molecular formula is C16H24N4O3. The number of aromatic nitrogens is 1. The van der Waals surface area contributed by atoms with Crippen molar-refractivity contribution in [2.75, 3.05) is 25.5 Å². The van der Waals surface area contributed by atoms with E-state index in [0.29, 0.717) is 23.9 Å². The minimum atomic E-state index is -0.646. The number of carbonyl (C=O) groups is 2. The highest BCUT2D eigenvalue weighted by atomic mass is 16.5. The fraction of sp³-hybridized carbons (Fsp3) is 0.562. The molecule has 2 unspecified atom stereocenters. The van der Waals surface area contributed by atoms with Crippen molar-refractivity contribution in [2.24, 2.45) is 17.6 Å². The van der Waals surface area contributed by atoms with Gasteiger partial charge >= 0.3 is 0 Å². The molecule has 0 bridgehead atoms. The van der Waals surface area contributed by atoms with E-state index in [1.165, 1.54) is 19.4 Å². The molecule has 2 atom stereocenters. The summed E-state index contributed by atoms with van der Waals surface area (Å²) < 4.78 is 4.98. The lowest BCUT2D eigenvalue weighted by Gasteiger charge is -2.28. The zero-order chi connectivity index (χ0) is 16.8. The van der Waals surface area contributed by atoms with E-state index in [1.54, 1.807) is 0 Å². The Balaban J connectivity index is 1.96. The van der Waals surface area contributed by atoms with E-state index in [9.17, 15) is 9.59 Å². The van der Waals surface area contributed by atoms with E-state index < -0.39 is 5.91 Å². The molecule has 0 radical (unpaired) electrons. The van der Waals surface area contributed by atoms with Crippen LogP contribution in [0.4, 0.5) is 5.69 Å². The number of rotatable bonds is 6. The third-order valence-corrected chi connectivity index (χ3v) is 4.24. The summed E-state index contributed by atoms with van der Waals surface area (Å²) in [4.78, 5) is 27.6. The van der Waals surface area contributed by atoms with Crippen LogP contribution in [0.15, 0.2) is 12.3 Å². The predicted octanol–water partition coefficient (Wildman–Crippen LogP) is 1.15. The number of anilines is 1. The molecule has 0 aromatic carbocycles. The summed E-state index contributed by atoms with van der Waals surface area (Å²) in [6, 6.07) is 1.49. The highest BCUT2D eigenvalue weighted by molar-refractivity contribution is 5.97. The second-order valence-corrected chi connectivity index (χ2v) is 5.98. The van der Waals surface area contributed by atoms with Crippen molar-refractivity contribution in [1.82, 2.24) is 10.3 Å². The molecule has 126 valence electrons. The molecule has 4 N–H and O–H groups in total. The van der Waals surface area contributed by atoms with E-state index in [0.717, 1.165) is 25.9 Å². The summed E-state index contributed by atoms with van der Waals surface area (Å²) in [5, 5.41) is 6.14. The summed E-state index contributed by atoms with van der Waals surface area (Å²) in [5.74, 6) is 0.226. The molecule has 1 aromatic heterocycles. The van der Waals surface area contributed by atoms with Gasteiger partial charge in [0.2, 0.25) is 11.8 Å². The van der Waals surface area contributed by atoms with Gasteiger partial charge in [0.25, 0.3) is 5.91 Å². The van der Waals surface area contributed by atoms with Gasteiger partial charge in [-0.25, -0.2) is 4.98 Å². The maximum atomic E-state index is 12.2. The molecule has 1 aliphatic rings. The SMILES string of the molecule is COc1ncc(NC(=O)CC(C)C2CCCNC2)cc1C(N)=O. The molecule has 7 nitrogen and oxygen atoms in total. The maximum Gasteiger partial charge on any atom is 0.254 e. The zero-order valence-electron chi connectivity index (χ0n) is 13.6. The van der Waals surface area contributed by atoms with E-state index in [2.05, 4.69) is 22.5 Å². The van der Waals surface area contributed by atoms with Gasteiger partial charge in [0, 0.05) is 6.42 Å². The first-order valence-electron chi connectivity index (χ1n) is 7.85. The van der Waals surface area contributed by atoms with Crippen LogP contribution in [0.2, 0.25) is 0 Å². The first-order chi connectivity index (χ1) is 11.0. The van der Waals surface area contributed by atoms with Crippen LogP contribution in [0.3, 0.4) is 0 Å². The van der Waals surface area contributed by atoms with E-state index in [4.69, 9.17) is 10.5 Å². The van der Waals surface area contributed by atoms with Gasteiger partial charge in [-0.1, -0.05) is 6.92 Å². The van der Waals surface area contributed by atoms with E-state index >= 15 is 0 Å². The van der Waals surface area contributed by atoms with Crippen LogP contribution in [-0.4, -0.2) is 37.0 Å². The van der Waals surface area contributed by atoms with Crippen molar-refractivity contribution >= 4 is 17.5 Å². The molecule has 1 fully saturated rings. The quantitative estimate of drug-likeness (QED) is 0.729. The van der Waals surface area contributed by atoms with Crippen LogP contribution in [-0.2, 0) is 4.79 Å². The van der Waals surface area contributed by atoms with Gasteiger partial charge < -0.3 is 21.1 Å². The number of amides is 2. The number of piperidine rings is 1. The van der Waals surface area contributed by atoms with Crippen molar-refractivity contribution < 1.29 is 14.3 Å². The number of carbonyl (C=O) groups excluding carboxylic acids is 2. The molecule has 1 aromatic rings. The summed E-state index contributed by atoms with van der Waals surface area (Å²) in [6.07, 6.45) is 4.19. The number of nitrogens with one attached hydrogen (secondary N) is 2. The Morgan fingerprint density at radius 3 is 2.96 bits per heavy atom. The standard InChI is InChI=1S/C16H24N4O3/c1-10(11-4-3-5-18-8-11)6-14(21)20-12-7-13(15(17)22)16(23-2)19-9-12/h7,9-11,18H,3-6,8H2,1-2H3,(H2,17,22)(H,20,21). The Hall–Kier alpha value is -2.15. The van der Waals surface area contributed by atoms with Gasteiger partial charge in [-0.05, 0) is 43.8 Å². The van der Waals surface area contributed by atoms with Crippen LogP contribution in [0, 0.1) is 11.8 Å². The van der Waals surface area contributed by atoms with Crippen molar-refractivity contribution in [3.05, 3.63) is 17.8 Å². The van der Waals surface area contributed by atoms with Crippen molar-refractivity contribution in [1.29, 1.82) is 0 Å². The summed E-state index contributed by atoms with van der Waals surface area (Å²) in [5.41, 5.74) is 5.88. The van der Waals surface area contributed by atoms with Gasteiger partial charge in [-0.15, -0.1) is 0 Å². The molecule has 0 aliphatic carbocycles. The number of primary amides is 1. The van der Waals surface area contributed by atoms with E-state index in [1.807, 2.05) is 0 Å². The van der Waals surface area contributed by atoms with Crippen molar-refractivity contribution in [3.8, 4) is 5.88 Å². The van der Waals surface area contributed by atoms with Crippen molar-refractivity contribution in [2.45, 2.75) is 26.2 Å². The fourth-order valence-corrected chi connectivity index (χ4v) is 2.90. The van der Waals surface area contributed by atoms with Crippen LogP contribution in [0.5, 0.6) is 5.88 Å². The van der Waals surface area contributed by atoms with Gasteiger partial charge in [0.1, 0.15) is 5.56 Å². The smallest absolute Gasteiger partial charge is 0.254 e. The highest BCUT2D eigenvalue weighted by Crippen LogP contribution is 2.24. The third-order valence-electron chi connectivity index (χ3n) is 4.24. The monoisotopic (exact) mass is 320 g/mol. The molecule has 7 heteroatoms. The molecule has 0 spiro atoms. The van der Waals surface area contributed by atoms with Crippen molar-refractivity contribution in [3.63, 3.8) is 0 Å². The fourth-order valence-electron chi connectivity index (χ4n) is 2.90. The van der Waals surface area contributed by atoms with Crippen LogP contribution >= 0.6 is 0 Å². The number of nitrogens with two attached hydrogens (primary N) is 1. The lowest BCUT2D eigenvalue weighted by molar-refractivity contribution is -0.117. The third kappa shape index (κ3) is 4.66. The Labute approximate surface area is 136 Å². The minimum absolute atomic E-state index is 0.0922. The van der Waals surface area contributed by atoms with Gasteiger partial charge in [0.15, 0.2) is 0 Å². The molecule has 23 heavy (non-hydrogen) atoms. The average molecular weight is 320 g/mol. The lowest BCUT2D eigenvalue weighted by atomic mass is 9.85. The number of nitrogens with zero attached hydrogens (tertiary/aromatic N) is 1. The zero-order valence-corrected chi connectivity index (χ0v) is 13.6. The molecule has 1 aliphatic heterocycles. The summed E-state index contributed by atoms with van der Waals surface area (Å²) in [7, 11) is 1.41. The van der Waals surface area contributed by atoms with Gasteiger partial charge in [-0.2, -0.15) is 0 Å². The number of hydrogen-bond donors (Lipinski definition) is 3. The number of ether oxygens (including phenoxy) is 1. The molecule has 1 saturated heterocycles. The second-order valence-electron chi connectivity index (χ2n) is 5.98. The molecular weight excluding hydrogens is 296 g/mol. The molecule has 2 rings (SSSR count). The Kier molecular flexibility index (Phi) is 5.92. The van der Waals surface area contributed by atoms with E-state index in [-0.39, 0.29) is 17.4 Å². The maximum absolute atomic E-state index is 12.2. The van der Waals surface area contributed by atoms with Crippen LogP contribution in [0.1, 0.15) is 36.5 Å². The lowest BCUT2D eigenvalue weighted by Crippen LogP contribution is -2.34. The number of pyridine rings is 1. The van der Waals surface area contributed by atoms with Crippen LogP contribution in [0.25, 0.3) is 0 Å². The Morgan fingerprint density at radius 1 is 1.57 bits per heavy atom. The number of methoxy groups -OCH3 is 1. The first kappa shape index (κ1) is 17.2. The molecule has 2 heterocycles. The molecule has 0 saturated carbocycles.